The fourth-order valence-electron chi connectivity index (χ4n) is 2.06. The average Bonchev–Trinajstić information content (AvgIpc) is 2.55. The molecule has 4 N–H and O–H groups in total. The highest BCUT2D eigenvalue weighted by molar-refractivity contribution is 5.98. The van der Waals surface area contributed by atoms with E-state index in [-0.39, 0.29) is 5.84 Å². The molecule has 0 bridgehead atoms. The molecule has 0 saturated carbocycles. The first kappa shape index (κ1) is 14.9. The Morgan fingerprint density at radius 2 is 1.86 bits per heavy atom. The Kier molecular flexibility index (Phi) is 5.17. The molecule has 0 saturated heterocycles. The number of hydrogen-bond donors (Lipinski definition) is 3. The lowest BCUT2D eigenvalue weighted by Gasteiger charge is -2.10. The topological polar surface area (TPSA) is 79.9 Å². The molecular formula is C16H19N3O2. The third kappa shape index (κ3) is 3.97. The second kappa shape index (κ2) is 7.31. The van der Waals surface area contributed by atoms with Gasteiger partial charge in [0.25, 0.3) is 0 Å². The van der Waals surface area contributed by atoms with Gasteiger partial charge in [-0.2, -0.15) is 0 Å². The molecular weight excluding hydrogens is 266 g/mol. The van der Waals surface area contributed by atoms with Crippen LogP contribution in [0.3, 0.4) is 0 Å². The van der Waals surface area contributed by atoms with Crippen LogP contribution in [0, 0.1) is 0 Å². The van der Waals surface area contributed by atoms with Gasteiger partial charge >= 0.3 is 0 Å². The SMILES string of the molecule is COc1ccc(CNCc2ccccc2C(N)=NO)cc1. The summed E-state index contributed by atoms with van der Waals surface area (Å²) in [4.78, 5) is 0. The van der Waals surface area contributed by atoms with Gasteiger partial charge in [0.2, 0.25) is 0 Å². The van der Waals surface area contributed by atoms with Crippen molar-refractivity contribution in [3.8, 4) is 5.75 Å². The minimum absolute atomic E-state index is 0.122. The summed E-state index contributed by atoms with van der Waals surface area (Å²) in [6, 6.07) is 15.5. The highest BCUT2D eigenvalue weighted by atomic mass is 16.5. The van der Waals surface area contributed by atoms with E-state index in [1.807, 2.05) is 48.5 Å². The molecule has 0 atom stereocenters. The smallest absolute Gasteiger partial charge is 0.170 e. The molecule has 21 heavy (non-hydrogen) atoms. The molecule has 0 heterocycles. The molecule has 2 aromatic rings. The Labute approximate surface area is 124 Å². The Hall–Kier alpha value is -2.53. The summed E-state index contributed by atoms with van der Waals surface area (Å²) in [6.07, 6.45) is 0. The Morgan fingerprint density at radius 3 is 2.52 bits per heavy atom. The van der Waals surface area contributed by atoms with Crippen LogP contribution in [0.5, 0.6) is 5.75 Å². The van der Waals surface area contributed by atoms with E-state index in [4.69, 9.17) is 15.7 Å². The van der Waals surface area contributed by atoms with E-state index in [0.717, 1.165) is 29.0 Å². The van der Waals surface area contributed by atoms with Crippen molar-refractivity contribution in [2.24, 2.45) is 10.9 Å². The fourth-order valence-corrected chi connectivity index (χ4v) is 2.06. The van der Waals surface area contributed by atoms with Crippen LogP contribution in [0.4, 0.5) is 0 Å². The highest BCUT2D eigenvalue weighted by Gasteiger charge is 2.05. The fraction of sp³-hybridized carbons (Fsp3) is 0.188. The van der Waals surface area contributed by atoms with Crippen LogP contribution in [0.25, 0.3) is 0 Å². The number of nitrogens with two attached hydrogens (primary N) is 1. The average molecular weight is 285 g/mol. The monoisotopic (exact) mass is 285 g/mol. The van der Waals surface area contributed by atoms with Crippen LogP contribution in [0.15, 0.2) is 53.7 Å². The molecule has 0 amide bonds. The van der Waals surface area contributed by atoms with Crippen LogP contribution in [0.2, 0.25) is 0 Å². The van der Waals surface area contributed by atoms with Crippen molar-refractivity contribution < 1.29 is 9.94 Å². The summed E-state index contributed by atoms with van der Waals surface area (Å²) >= 11 is 0. The standard InChI is InChI=1S/C16H19N3O2/c1-21-14-8-6-12(7-9-14)10-18-11-13-4-2-3-5-15(13)16(17)19-20/h2-9,18,20H,10-11H2,1H3,(H2,17,19). The first-order chi connectivity index (χ1) is 10.2. The van der Waals surface area contributed by atoms with Gasteiger partial charge in [0, 0.05) is 18.7 Å². The summed E-state index contributed by atoms with van der Waals surface area (Å²) in [6.45, 7) is 1.37. The van der Waals surface area contributed by atoms with E-state index in [2.05, 4.69) is 10.5 Å². The van der Waals surface area contributed by atoms with Crippen LogP contribution < -0.4 is 15.8 Å². The van der Waals surface area contributed by atoms with Crippen molar-refractivity contribution in [3.63, 3.8) is 0 Å². The number of rotatable bonds is 6. The maximum atomic E-state index is 8.80. The number of benzene rings is 2. The highest BCUT2D eigenvalue weighted by Crippen LogP contribution is 2.12. The van der Waals surface area contributed by atoms with Crippen molar-refractivity contribution in [2.75, 3.05) is 7.11 Å². The zero-order chi connectivity index (χ0) is 15.1. The van der Waals surface area contributed by atoms with Crippen LogP contribution in [-0.2, 0) is 13.1 Å². The quantitative estimate of drug-likeness (QED) is 0.328. The third-order valence-corrected chi connectivity index (χ3v) is 3.20. The number of amidine groups is 1. The third-order valence-electron chi connectivity index (χ3n) is 3.20. The second-order valence-electron chi connectivity index (χ2n) is 4.59. The summed E-state index contributed by atoms with van der Waals surface area (Å²) in [5.41, 5.74) is 8.56. The molecule has 110 valence electrons. The van der Waals surface area contributed by atoms with Gasteiger partial charge in [0.1, 0.15) is 5.75 Å². The van der Waals surface area contributed by atoms with Crippen LogP contribution in [-0.4, -0.2) is 18.2 Å². The van der Waals surface area contributed by atoms with Gasteiger partial charge in [-0.05, 0) is 23.3 Å². The molecule has 5 heteroatoms. The van der Waals surface area contributed by atoms with E-state index in [0.29, 0.717) is 6.54 Å². The molecule has 0 fully saturated rings. The molecule has 0 radical (unpaired) electrons. The van der Waals surface area contributed by atoms with E-state index in [1.54, 1.807) is 7.11 Å². The first-order valence-corrected chi connectivity index (χ1v) is 6.64. The maximum absolute atomic E-state index is 8.80. The molecule has 0 spiro atoms. The van der Waals surface area contributed by atoms with Gasteiger partial charge in [-0.1, -0.05) is 41.6 Å². The molecule has 0 unspecified atom stereocenters. The van der Waals surface area contributed by atoms with Crippen LogP contribution >= 0.6 is 0 Å². The molecule has 0 aliphatic heterocycles. The zero-order valence-corrected chi connectivity index (χ0v) is 11.9. The molecule has 2 rings (SSSR count). The molecule has 0 aliphatic carbocycles. The maximum Gasteiger partial charge on any atom is 0.170 e. The second-order valence-corrected chi connectivity index (χ2v) is 4.59. The summed E-state index contributed by atoms with van der Waals surface area (Å²) in [5, 5.41) is 15.2. The number of methoxy groups -OCH3 is 1. The number of hydrogen-bond acceptors (Lipinski definition) is 4. The van der Waals surface area contributed by atoms with Crippen molar-refractivity contribution >= 4 is 5.84 Å². The normalized spacial score (nSPS) is 11.4. The summed E-state index contributed by atoms with van der Waals surface area (Å²) < 4.78 is 5.13. The molecule has 5 nitrogen and oxygen atoms in total. The van der Waals surface area contributed by atoms with E-state index in [9.17, 15) is 0 Å². The summed E-state index contributed by atoms with van der Waals surface area (Å²) in [5.74, 6) is 0.966. The lowest BCUT2D eigenvalue weighted by atomic mass is 10.1. The zero-order valence-electron chi connectivity index (χ0n) is 11.9. The lowest BCUT2D eigenvalue weighted by Crippen LogP contribution is -2.19. The largest absolute Gasteiger partial charge is 0.497 e. The van der Waals surface area contributed by atoms with E-state index < -0.39 is 0 Å². The molecule has 0 aliphatic rings. The summed E-state index contributed by atoms with van der Waals surface area (Å²) in [7, 11) is 1.65. The first-order valence-electron chi connectivity index (χ1n) is 6.64. The Morgan fingerprint density at radius 1 is 1.14 bits per heavy atom. The Bertz CT molecular complexity index is 609. The van der Waals surface area contributed by atoms with Crippen LogP contribution in [0.1, 0.15) is 16.7 Å². The minimum Gasteiger partial charge on any atom is -0.497 e. The molecule has 0 aromatic heterocycles. The van der Waals surface area contributed by atoms with Crippen molar-refractivity contribution in [1.29, 1.82) is 0 Å². The van der Waals surface area contributed by atoms with Gasteiger partial charge in [-0.15, -0.1) is 0 Å². The van der Waals surface area contributed by atoms with E-state index in [1.165, 1.54) is 0 Å². The number of oxime groups is 1. The van der Waals surface area contributed by atoms with Gasteiger partial charge in [-0.3, -0.25) is 0 Å². The van der Waals surface area contributed by atoms with Gasteiger partial charge in [-0.25, -0.2) is 0 Å². The van der Waals surface area contributed by atoms with E-state index >= 15 is 0 Å². The van der Waals surface area contributed by atoms with Gasteiger partial charge in [0.05, 0.1) is 7.11 Å². The Balaban J connectivity index is 1.97. The predicted molar refractivity (Wildman–Crippen MR) is 82.5 cm³/mol. The number of nitrogens with one attached hydrogen (secondary N) is 1. The predicted octanol–water partition coefficient (Wildman–Crippen LogP) is 2.08. The van der Waals surface area contributed by atoms with Crippen molar-refractivity contribution in [1.82, 2.24) is 5.32 Å². The van der Waals surface area contributed by atoms with Gasteiger partial charge in [0.15, 0.2) is 5.84 Å². The lowest BCUT2D eigenvalue weighted by molar-refractivity contribution is 0.318. The number of ether oxygens (including phenoxy) is 1. The van der Waals surface area contributed by atoms with Crippen molar-refractivity contribution in [2.45, 2.75) is 13.1 Å². The van der Waals surface area contributed by atoms with Gasteiger partial charge < -0.3 is 21.0 Å². The minimum atomic E-state index is 0.122. The number of nitrogens with zero attached hydrogens (tertiary/aromatic N) is 1. The van der Waals surface area contributed by atoms with Crippen molar-refractivity contribution in [3.05, 3.63) is 65.2 Å². The molecule has 2 aromatic carbocycles.